The molecule has 4 aliphatic heterocycles. The van der Waals surface area contributed by atoms with Gasteiger partial charge in [-0.2, -0.15) is 9.97 Å². The number of aliphatic hydroxyl groups is 1. The van der Waals surface area contributed by atoms with Crippen molar-refractivity contribution in [2.24, 2.45) is 17.3 Å². The van der Waals surface area contributed by atoms with E-state index in [1.165, 1.54) is 11.0 Å². The summed E-state index contributed by atoms with van der Waals surface area (Å²) in [5, 5.41) is 23.5. The number of aliphatic hydroxyl groups excluding tert-OH is 1. The first kappa shape index (κ1) is 61.8. The molecule has 4 aliphatic rings. The van der Waals surface area contributed by atoms with Crippen molar-refractivity contribution in [2.45, 2.75) is 136 Å². The van der Waals surface area contributed by atoms with Gasteiger partial charge < -0.3 is 49.3 Å². The number of hydrogen-bond donors (Lipinski definition) is 3. The second kappa shape index (κ2) is 26.5. The lowest BCUT2D eigenvalue weighted by Gasteiger charge is -2.34. The van der Waals surface area contributed by atoms with Gasteiger partial charge in [0.25, 0.3) is 0 Å². The molecule has 3 unspecified atom stereocenters. The highest BCUT2D eigenvalue weighted by Gasteiger charge is 2.44. The van der Waals surface area contributed by atoms with Crippen molar-refractivity contribution in [1.82, 2.24) is 45.5 Å². The van der Waals surface area contributed by atoms with Crippen LogP contribution in [-0.2, 0) is 14.3 Å². The molecule has 0 spiro atoms. The summed E-state index contributed by atoms with van der Waals surface area (Å²) in [5.74, 6) is 1.06. The maximum Gasteiger partial charge on any atom is 0.409 e. The summed E-state index contributed by atoms with van der Waals surface area (Å²) < 4.78 is 50.8. The molecule has 0 saturated carbocycles. The fourth-order valence-electron chi connectivity index (χ4n) is 13.1. The second-order valence-electron chi connectivity index (χ2n) is 25.2. The molecule has 4 saturated heterocycles. The Labute approximate surface area is 516 Å². The number of pyridine rings is 1. The number of aromatic nitrogens is 5. The van der Waals surface area contributed by atoms with Gasteiger partial charge >= 0.3 is 12.1 Å². The van der Waals surface area contributed by atoms with E-state index in [2.05, 4.69) is 57.3 Å². The summed E-state index contributed by atoms with van der Waals surface area (Å²) in [5.41, 5.74) is 4.87. The zero-order valence-electron chi connectivity index (χ0n) is 51.2. The lowest BCUT2D eigenvalue weighted by molar-refractivity contribution is -0.141. The van der Waals surface area contributed by atoms with Crippen LogP contribution in [0.1, 0.15) is 127 Å². The van der Waals surface area contributed by atoms with Crippen LogP contribution in [0.3, 0.4) is 0 Å². The van der Waals surface area contributed by atoms with E-state index in [9.17, 15) is 19.5 Å². The number of nitrogens with one attached hydrogen (secondary N) is 2. The largest absolute Gasteiger partial charge is 0.463 e. The molecule has 7 aromatic rings. The highest BCUT2D eigenvalue weighted by atomic mass is 32.1. The van der Waals surface area contributed by atoms with E-state index in [4.69, 9.17) is 30.4 Å². The smallest absolute Gasteiger partial charge is 0.409 e. The van der Waals surface area contributed by atoms with Crippen molar-refractivity contribution < 1.29 is 42.3 Å². The number of β-amino-alcohol motifs (C(OH)–C–C–N with tert-alkyl or cyclic N) is 1. The molecule has 21 heteroatoms. The molecule has 4 fully saturated rings. The maximum absolute atomic E-state index is 17.3. The number of carbonyl (C=O) groups excluding carboxylic acids is 3. The fraction of sp³-hybridized carbons (Fsp3) is 0.493. The Morgan fingerprint density at radius 2 is 1.73 bits per heavy atom. The van der Waals surface area contributed by atoms with Gasteiger partial charge in [0, 0.05) is 92.9 Å². The number of thiazole rings is 1. The number of benzene rings is 3. The van der Waals surface area contributed by atoms with Gasteiger partial charge in [0.05, 0.1) is 52.4 Å². The first-order valence-electron chi connectivity index (χ1n) is 31.0. The van der Waals surface area contributed by atoms with E-state index in [1.807, 2.05) is 68.4 Å². The molecular weight excluding hydrogens is 1140 g/mol. The Hall–Kier alpha value is -7.80. The fourth-order valence-corrected chi connectivity index (χ4v) is 13.9. The first-order valence-corrected chi connectivity index (χ1v) is 31.9. The van der Waals surface area contributed by atoms with Crippen molar-refractivity contribution in [1.29, 1.82) is 0 Å². The molecule has 8 heterocycles. The number of ether oxygens (including phenoxy) is 2. The van der Waals surface area contributed by atoms with Crippen LogP contribution in [0.15, 0.2) is 76.9 Å². The lowest BCUT2D eigenvalue weighted by Crippen LogP contribution is -2.51. The number of anilines is 2. The number of halogens is 2. The van der Waals surface area contributed by atoms with Crippen LogP contribution in [0.25, 0.3) is 43.4 Å². The van der Waals surface area contributed by atoms with Crippen molar-refractivity contribution in [3.63, 3.8) is 0 Å². The molecule has 2 bridgehead atoms. The molecule has 464 valence electrons. The zero-order chi connectivity index (χ0) is 62.0. The van der Waals surface area contributed by atoms with E-state index in [0.29, 0.717) is 78.4 Å². The van der Waals surface area contributed by atoms with Gasteiger partial charge in [-0.05, 0) is 80.4 Å². The Bertz CT molecular complexity index is 3700. The van der Waals surface area contributed by atoms with Gasteiger partial charge in [-0.1, -0.05) is 107 Å². The van der Waals surface area contributed by atoms with E-state index in [0.717, 1.165) is 66.6 Å². The van der Waals surface area contributed by atoms with Crippen molar-refractivity contribution in [3.8, 4) is 40.1 Å². The number of hydrogen-bond acceptors (Lipinski definition) is 16. The first-order chi connectivity index (χ1) is 42.4. The molecule has 3 amide bonds. The molecule has 0 radical (unpaired) electrons. The molecule has 8 atom stereocenters. The summed E-state index contributed by atoms with van der Waals surface area (Å²) in [4.78, 5) is 69.1. The standard InChI is InChI=1S/C67H79F2N11O7S/c1-9-11-24-67(8,37-86-65-74-60-51(62(75-65)79-33-46-20-21-47(34-79)73-46)32-70-59(58(60)69)50-14-12-13-44-19-22-52(68)49(10-2)57(44)50)25-23-40(5)36-85-66(84)78-28-26-77(27-29-78)55-31-54(87-76-55)56(39(3)4)64(83)80-35-48(81)30-53(80)63(82)72-41(6)43-15-17-45(18-16-43)61-42(7)71-38-88-61/h2,12-19,22,31-32,38-41,46-48,53,56,73,81H,9,11,20-21,23-30,33-37H2,1,3-8H3,(H,72,82)/t40?,41-,46?,47?,48+,53-,56+,67+/m0/s1. The van der Waals surface area contributed by atoms with Crippen LogP contribution in [0.5, 0.6) is 6.01 Å². The van der Waals surface area contributed by atoms with Crippen LogP contribution >= 0.6 is 11.3 Å². The molecule has 3 N–H and O–H groups in total. The Morgan fingerprint density at radius 1 is 0.966 bits per heavy atom. The van der Waals surface area contributed by atoms with Gasteiger partial charge in [-0.3, -0.25) is 14.6 Å². The number of piperazine rings is 2. The molecule has 88 heavy (non-hydrogen) atoms. The average Bonchev–Trinajstić information content (AvgIpc) is 1.60. The van der Waals surface area contributed by atoms with Crippen LogP contribution in [0.2, 0.25) is 0 Å². The number of terminal acetylenes is 1. The third-order valence-electron chi connectivity index (χ3n) is 18.2. The van der Waals surface area contributed by atoms with E-state index >= 15 is 8.78 Å². The highest BCUT2D eigenvalue weighted by Crippen LogP contribution is 2.40. The van der Waals surface area contributed by atoms with Crippen molar-refractivity contribution >= 4 is 62.6 Å². The highest BCUT2D eigenvalue weighted by molar-refractivity contribution is 7.13. The molecular formula is C67H79F2N11O7S. The lowest BCUT2D eigenvalue weighted by atomic mass is 9.79. The minimum absolute atomic E-state index is 0.000465. The number of carbonyl (C=O) groups is 3. The third kappa shape index (κ3) is 13.2. The topological polar surface area (TPSA) is 205 Å². The van der Waals surface area contributed by atoms with Crippen LogP contribution in [0, 0.1) is 48.2 Å². The molecule has 4 aromatic heterocycles. The Balaban J connectivity index is 0.692. The third-order valence-corrected chi connectivity index (χ3v) is 19.2. The van der Waals surface area contributed by atoms with Gasteiger partial charge in [0.2, 0.25) is 11.8 Å². The van der Waals surface area contributed by atoms with E-state index < -0.39 is 35.8 Å². The van der Waals surface area contributed by atoms with Gasteiger partial charge in [0.1, 0.15) is 34.8 Å². The summed E-state index contributed by atoms with van der Waals surface area (Å²) in [7, 11) is 0. The number of likely N-dealkylation sites (tertiary alicyclic amines) is 1. The van der Waals surface area contributed by atoms with Crippen LogP contribution < -0.4 is 25.2 Å². The minimum atomic E-state index is -0.869. The monoisotopic (exact) mass is 1220 g/mol. The normalized spacial score (nSPS) is 20.3. The van der Waals surface area contributed by atoms with Gasteiger partial charge in [-0.15, -0.1) is 17.8 Å². The summed E-state index contributed by atoms with van der Waals surface area (Å²) in [6, 6.07) is 17.4. The number of rotatable bonds is 21. The zero-order valence-corrected chi connectivity index (χ0v) is 52.0. The average molecular weight is 1220 g/mol. The number of fused-ring (bicyclic) bond motifs is 4. The van der Waals surface area contributed by atoms with E-state index in [-0.39, 0.29) is 96.2 Å². The summed E-state index contributed by atoms with van der Waals surface area (Å²) >= 11 is 1.58. The number of nitrogens with zero attached hydrogens (tertiary/aromatic N) is 9. The predicted molar refractivity (Wildman–Crippen MR) is 336 cm³/mol. The van der Waals surface area contributed by atoms with Gasteiger partial charge in [0.15, 0.2) is 17.4 Å². The summed E-state index contributed by atoms with van der Waals surface area (Å²) in [6.07, 6.45) is 12.6. The van der Waals surface area contributed by atoms with Gasteiger partial charge in [-0.25, -0.2) is 18.6 Å². The van der Waals surface area contributed by atoms with Crippen LogP contribution in [-0.4, -0.2) is 141 Å². The van der Waals surface area contributed by atoms with Crippen molar-refractivity contribution in [2.75, 3.05) is 68.8 Å². The van der Waals surface area contributed by atoms with Crippen molar-refractivity contribution in [3.05, 3.63) is 107 Å². The van der Waals surface area contributed by atoms with E-state index in [1.54, 1.807) is 46.7 Å². The number of unbranched alkanes of at least 4 members (excludes halogenated alkanes) is 1. The van der Waals surface area contributed by atoms with Crippen LogP contribution in [0.4, 0.5) is 25.2 Å². The number of aryl methyl sites for hydroxylation is 1. The SMILES string of the molecule is C#Cc1c(F)ccc2cccc(-c3ncc4c(N5CC6CCC(C5)N6)nc(OC[C@](C)(CCCC)CCC(C)COC(=O)N5CCN(c6cc([C@H](C(=O)N7C[C@H](O)C[C@H]7C(=O)N[C@@H](C)c7ccc(-c8scnc8C)cc7)C(C)C)on6)CC5)nc4c3F)c12. The molecule has 3 aromatic carbocycles. The minimum Gasteiger partial charge on any atom is -0.463 e. The Morgan fingerprint density at radius 3 is 2.43 bits per heavy atom. The molecule has 11 rings (SSSR count). The summed E-state index contributed by atoms with van der Waals surface area (Å²) in [6.45, 7) is 17.7. The maximum atomic E-state index is 17.3. The number of amides is 3. The predicted octanol–water partition coefficient (Wildman–Crippen LogP) is 11.0. The quantitative estimate of drug-likeness (QED) is 0.0573. The second-order valence-corrected chi connectivity index (χ2v) is 26.1. The Kier molecular flexibility index (Phi) is 18.6. The molecule has 18 nitrogen and oxygen atoms in total. The molecule has 0 aliphatic carbocycles.